The number of hydrogen-bond donors (Lipinski definition) is 0. The summed E-state index contributed by atoms with van der Waals surface area (Å²) in [6.07, 6.45) is 20.4. The van der Waals surface area contributed by atoms with Gasteiger partial charge in [-0.15, -0.1) is 0 Å². The molecule has 6 aliphatic carbocycles. The maximum atomic E-state index is 6.28. The minimum absolute atomic E-state index is 0.555. The van der Waals surface area contributed by atoms with Gasteiger partial charge in [-0.2, -0.15) is 0 Å². The molecule has 0 N–H and O–H groups in total. The van der Waals surface area contributed by atoms with E-state index in [1.54, 1.807) is 0 Å². The molecule has 6 saturated carbocycles. The van der Waals surface area contributed by atoms with Crippen LogP contribution < -0.4 is 0 Å². The molecule has 6 fully saturated rings. The highest BCUT2D eigenvalue weighted by atomic mass is 16.5. The summed E-state index contributed by atoms with van der Waals surface area (Å²) >= 11 is 0. The summed E-state index contributed by atoms with van der Waals surface area (Å²) in [7, 11) is 2.03. The summed E-state index contributed by atoms with van der Waals surface area (Å²) in [5.41, 5.74) is 1.74. The minimum atomic E-state index is 0.555. The monoisotopic (exact) mass is 382 g/mol. The number of ether oxygens (including phenoxy) is 1. The topological polar surface area (TPSA) is 9.23 Å². The molecule has 156 valence electrons. The predicted octanol–water partition coefficient (Wildman–Crippen LogP) is 6.87. The second-order valence-electron chi connectivity index (χ2n) is 12.5. The summed E-state index contributed by atoms with van der Waals surface area (Å²) in [6.45, 7) is 7.94. The normalized spacial score (nSPS) is 58.1. The van der Waals surface area contributed by atoms with Crippen molar-refractivity contribution in [3.8, 4) is 0 Å². The van der Waals surface area contributed by atoms with Crippen molar-refractivity contribution in [2.45, 2.75) is 91.1 Å². The van der Waals surface area contributed by atoms with Crippen LogP contribution in [0.1, 0.15) is 85.0 Å². The van der Waals surface area contributed by atoms with Gasteiger partial charge in [0.05, 0.1) is 6.10 Å². The Bertz CT molecular complexity index is 678. The lowest BCUT2D eigenvalue weighted by Crippen LogP contribution is -2.57. The lowest BCUT2D eigenvalue weighted by molar-refractivity contribution is -0.160. The van der Waals surface area contributed by atoms with Gasteiger partial charge in [0.15, 0.2) is 0 Å². The Balaban J connectivity index is 1.29. The van der Waals surface area contributed by atoms with Crippen LogP contribution >= 0.6 is 0 Å². The summed E-state index contributed by atoms with van der Waals surface area (Å²) in [6, 6.07) is 0. The Hall–Kier alpha value is -0.300. The Morgan fingerprint density at radius 1 is 0.964 bits per heavy atom. The van der Waals surface area contributed by atoms with E-state index in [1.165, 1.54) is 64.2 Å². The number of allylic oxidation sites excluding steroid dienone is 2. The molecule has 0 aliphatic heterocycles. The highest BCUT2D eigenvalue weighted by Gasteiger charge is 2.77. The zero-order chi connectivity index (χ0) is 19.3. The van der Waals surface area contributed by atoms with Crippen LogP contribution in [-0.4, -0.2) is 13.2 Å². The fourth-order valence-electron chi connectivity index (χ4n) is 10.2. The molecule has 1 nitrogen and oxygen atoms in total. The van der Waals surface area contributed by atoms with Gasteiger partial charge in [-0.3, -0.25) is 0 Å². The standard InChI is InChI=1S/C27H42O/c1-17(5-6-18-7-8-18)21-9-10-22-20-15-24(28-4)27-16-19(27)11-14-26(27,3)23(20)12-13-25(21,22)2/h5-6,17-24H,7-16H2,1-4H3/b6-5-/t17-,19-,20+,21-,22+,23+,24-,25-,26-,27+/m1/s1. The third-order valence-corrected chi connectivity index (χ3v) is 11.8. The van der Waals surface area contributed by atoms with Crippen LogP contribution in [-0.2, 0) is 4.74 Å². The molecule has 0 bridgehead atoms. The molecule has 0 aromatic rings. The van der Waals surface area contributed by atoms with E-state index in [9.17, 15) is 0 Å². The van der Waals surface area contributed by atoms with Crippen molar-refractivity contribution in [3.63, 3.8) is 0 Å². The average Bonchev–Trinajstić information content (AvgIpc) is 3.58. The van der Waals surface area contributed by atoms with Crippen molar-refractivity contribution >= 4 is 0 Å². The van der Waals surface area contributed by atoms with Crippen molar-refractivity contribution in [1.29, 1.82) is 0 Å². The van der Waals surface area contributed by atoms with Crippen LogP contribution in [0.15, 0.2) is 12.2 Å². The van der Waals surface area contributed by atoms with Crippen molar-refractivity contribution in [2.24, 2.45) is 57.7 Å². The molecule has 0 saturated heterocycles. The SMILES string of the molecule is CO[C@@H]1C[C@H]2[C@@H]3CC[C@H]([C@H](C)/C=C\C4CC4)[C@@]3(C)CC[C@@H]2[C@@]2(C)CC[C@@H]3C[C@]312. The summed E-state index contributed by atoms with van der Waals surface area (Å²) in [4.78, 5) is 0. The number of fused-ring (bicyclic) bond motifs is 4. The first kappa shape index (κ1) is 18.5. The molecule has 6 rings (SSSR count). The first-order valence-corrected chi connectivity index (χ1v) is 12.6. The summed E-state index contributed by atoms with van der Waals surface area (Å²) in [5.74, 6) is 6.49. The van der Waals surface area contributed by atoms with Gasteiger partial charge in [0.1, 0.15) is 0 Å². The van der Waals surface area contributed by atoms with Crippen molar-refractivity contribution in [1.82, 2.24) is 0 Å². The number of methoxy groups -OCH3 is 1. The highest BCUT2D eigenvalue weighted by Crippen LogP contribution is 2.82. The molecule has 6 aliphatic rings. The molecule has 10 atom stereocenters. The number of rotatable bonds is 4. The van der Waals surface area contributed by atoms with Gasteiger partial charge in [0, 0.05) is 12.5 Å². The van der Waals surface area contributed by atoms with Gasteiger partial charge in [-0.1, -0.05) is 32.9 Å². The Kier molecular flexibility index (Phi) is 3.89. The van der Waals surface area contributed by atoms with E-state index in [2.05, 4.69) is 32.9 Å². The zero-order valence-corrected chi connectivity index (χ0v) is 18.8. The first-order chi connectivity index (χ1) is 13.4. The minimum Gasteiger partial charge on any atom is -0.381 e. The lowest BCUT2D eigenvalue weighted by atomic mass is 9.45. The average molecular weight is 383 g/mol. The fraction of sp³-hybridized carbons (Fsp3) is 0.926. The molecule has 1 heteroatoms. The highest BCUT2D eigenvalue weighted by molar-refractivity contribution is 5.26. The van der Waals surface area contributed by atoms with Gasteiger partial charge < -0.3 is 4.74 Å². The van der Waals surface area contributed by atoms with Crippen molar-refractivity contribution in [2.75, 3.05) is 7.11 Å². The maximum Gasteiger partial charge on any atom is 0.0638 e. The zero-order valence-electron chi connectivity index (χ0n) is 18.8. The van der Waals surface area contributed by atoms with Gasteiger partial charge in [0.25, 0.3) is 0 Å². The molecule has 0 amide bonds. The van der Waals surface area contributed by atoms with E-state index in [0.29, 0.717) is 22.3 Å². The van der Waals surface area contributed by atoms with Gasteiger partial charge in [-0.25, -0.2) is 0 Å². The van der Waals surface area contributed by atoms with Gasteiger partial charge >= 0.3 is 0 Å². The molecule has 0 aromatic heterocycles. The summed E-state index contributed by atoms with van der Waals surface area (Å²) < 4.78 is 6.28. The van der Waals surface area contributed by atoms with Crippen molar-refractivity contribution < 1.29 is 4.74 Å². The molecule has 0 aromatic carbocycles. The van der Waals surface area contributed by atoms with E-state index >= 15 is 0 Å². The van der Waals surface area contributed by atoms with Crippen LogP contribution in [0.4, 0.5) is 0 Å². The summed E-state index contributed by atoms with van der Waals surface area (Å²) in [5, 5.41) is 0. The lowest BCUT2D eigenvalue weighted by Gasteiger charge is -2.61. The van der Waals surface area contributed by atoms with E-state index in [4.69, 9.17) is 4.74 Å². The first-order valence-electron chi connectivity index (χ1n) is 12.6. The van der Waals surface area contributed by atoms with Crippen LogP contribution in [0.3, 0.4) is 0 Å². The van der Waals surface area contributed by atoms with Crippen LogP contribution in [0.5, 0.6) is 0 Å². The fourth-order valence-corrected chi connectivity index (χ4v) is 10.2. The van der Waals surface area contributed by atoms with Gasteiger partial charge in [-0.05, 0) is 116 Å². The molecule has 0 unspecified atom stereocenters. The quantitative estimate of drug-likeness (QED) is 0.482. The predicted molar refractivity (Wildman–Crippen MR) is 115 cm³/mol. The second-order valence-corrected chi connectivity index (χ2v) is 12.5. The largest absolute Gasteiger partial charge is 0.381 e. The van der Waals surface area contributed by atoms with E-state index in [0.717, 1.165) is 41.4 Å². The third-order valence-electron chi connectivity index (χ3n) is 11.8. The number of hydrogen-bond acceptors (Lipinski definition) is 1. The van der Waals surface area contributed by atoms with Gasteiger partial charge in [0.2, 0.25) is 0 Å². The molecule has 0 heterocycles. The molecule has 28 heavy (non-hydrogen) atoms. The smallest absolute Gasteiger partial charge is 0.0638 e. The van der Waals surface area contributed by atoms with E-state index in [-0.39, 0.29) is 0 Å². The Labute approximate surface area is 173 Å². The Morgan fingerprint density at radius 3 is 2.50 bits per heavy atom. The maximum absolute atomic E-state index is 6.28. The van der Waals surface area contributed by atoms with Crippen LogP contribution in [0, 0.1) is 57.7 Å². The van der Waals surface area contributed by atoms with E-state index < -0.39 is 0 Å². The van der Waals surface area contributed by atoms with Crippen LogP contribution in [0.2, 0.25) is 0 Å². The Morgan fingerprint density at radius 2 is 1.79 bits per heavy atom. The molecular weight excluding hydrogens is 340 g/mol. The molecular formula is C27H42O. The molecule has 1 spiro atoms. The van der Waals surface area contributed by atoms with E-state index in [1.807, 2.05) is 7.11 Å². The molecule has 0 radical (unpaired) electrons. The third kappa shape index (κ3) is 2.19. The van der Waals surface area contributed by atoms with Crippen LogP contribution in [0.25, 0.3) is 0 Å². The second kappa shape index (κ2) is 5.89. The van der Waals surface area contributed by atoms with Crippen molar-refractivity contribution in [3.05, 3.63) is 12.2 Å².